The van der Waals surface area contributed by atoms with Gasteiger partial charge in [0.05, 0.1) is 4.47 Å². The van der Waals surface area contributed by atoms with Crippen molar-refractivity contribution in [3.63, 3.8) is 0 Å². The Kier molecular flexibility index (Phi) is 4.81. The molecule has 0 aliphatic carbocycles. The van der Waals surface area contributed by atoms with Crippen LogP contribution in [0.3, 0.4) is 0 Å². The van der Waals surface area contributed by atoms with Crippen LogP contribution in [-0.4, -0.2) is 25.0 Å². The molecule has 110 valence electrons. The average molecular weight is 375 g/mol. The van der Waals surface area contributed by atoms with Crippen LogP contribution >= 0.6 is 15.9 Å². The number of carbonyl (C=O) groups is 1. The van der Waals surface area contributed by atoms with Crippen molar-refractivity contribution in [1.29, 1.82) is 0 Å². The second-order valence-electron chi connectivity index (χ2n) is 3.34. The fourth-order valence-electron chi connectivity index (χ4n) is 1.02. The molecule has 1 N–H and O–H groups in total. The minimum absolute atomic E-state index is 0.0714. The summed E-state index contributed by atoms with van der Waals surface area (Å²) in [6, 6.07) is 3.38. The highest BCUT2D eigenvalue weighted by molar-refractivity contribution is 9.10. The number of hydrogen-bond donors (Lipinski definition) is 1. The molecule has 1 aromatic carbocycles. The largest absolute Gasteiger partial charge is 0.534 e. The Labute approximate surface area is 119 Å². The van der Waals surface area contributed by atoms with E-state index in [1.165, 1.54) is 18.2 Å². The summed E-state index contributed by atoms with van der Waals surface area (Å²) in [7, 11) is -5.75. The number of aliphatic carboxylic acids is 1. The van der Waals surface area contributed by atoms with Crippen molar-refractivity contribution in [2.75, 3.05) is 0 Å². The van der Waals surface area contributed by atoms with Gasteiger partial charge in [0.2, 0.25) is 0 Å². The zero-order valence-electron chi connectivity index (χ0n) is 9.39. The Morgan fingerprint density at radius 3 is 2.40 bits per heavy atom. The number of halogens is 4. The van der Waals surface area contributed by atoms with Gasteiger partial charge in [0.1, 0.15) is 0 Å². The number of carboxylic acid groups (broad SMARTS) is 1. The van der Waals surface area contributed by atoms with Crippen LogP contribution in [-0.2, 0) is 14.9 Å². The van der Waals surface area contributed by atoms with Gasteiger partial charge in [-0.05, 0) is 39.7 Å². The first kappa shape index (κ1) is 16.5. The van der Waals surface area contributed by atoms with Gasteiger partial charge in [0.15, 0.2) is 5.75 Å². The number of rotatable bonds is 4. The van der Waals surface area contributed by atoms with E-state index in [-0.39, 0.29) is 4.47 Å². The Balaban J connectivity index is 3.04. The molecule has 20 heavy (non-hydrogen) atoms. The van der Waals surface area contributed by atoms with Gasteiger partial charge in [0, 0.05) is 6.08 Å². The van der Waals surface area contributed by atoms with E-state index in [1.54, 1.807) is 0 Å². The first-order chi connectivity index (χ1) is 9.03. The average Bonchev–Trinajstić information content (AvgIpc) is 2.28. The molecule has 0 saturated heterocycles. The zero-order chi connectivity index (χ0) is 15.6. The summed E-state index contributed by atoms with van der Waals surface area (Å²) in [5.41, 5.74) is -5.20. The monoisotopic (exact) mass is 374 g/mol. The third-order valence-electron chi connectivity index (χ3n) is 1.86. The molecule has 10 heteroatoms. The fourth-order valence-corrected chi connectivity index (χ4v) is 2.08. The lowest BCUT2D eigenvalue weighted by atomic mass is 10.2. The van der Waals surface area contributed by atoms with Gasteiger partial charge in [-0.2, -0.15) is 21.6 Å². The number of alkyl halides is 3. The number of carboxylic acids is 1. The van der Waals surface area contributed by atoms with Gasteiger partial charge < -0.3 is 9.29 Å². The van der Waals surface area contributed by atoms with Gasteiger partial charge >= 0.3 is 21.6 Å². The Morgan fingerprint density at radius 1 is 1.35 bits per heavy atom. The molecule has 5 nitrogen and oxygen atoms in total. The SMILES string of the molecule is O=C(O)C=Cc1ccc(OS(=O)(=O)C(F)(F)F)c(Br)c1. The van der Waals surface area contributed by atoms with Crippen LogP contribution in [0.1, 0.15) is 5.56 Å². The summed E-state index contributed by atoms with van der Waals surface area (Å²) in [6.45, 7) is 0. The minimum Gasteiger partial charge on any atom is -0.478 e. The summed E-state index contributed by atoms with van der Waals surface area (Å²) >= 11 is 2.84. The van der Waals surface area contributed by atoms with Crippen molar-refractivity contribution < 1.29 is 35.7 Å². The lowest BCUT2D eigenvalue weighted by Gasteiger charge is -2.10. The van der Waals surface area contributed by atoms with Gasteiger partial charge in [-0.25, -0.2) is 4.79 Å². The second kappa shape index (κ2) is 5.83. The van der Waals surface area contributed by atoms with Crippen LogP contribution in [0.5, 0.6) is 5.75 Å². The molecule has 0 bridgehead atoms. The van der Waals surface area contributed by atoms with Crippen molar-refractivity contribution in [3.05, 3.63) is 34.3 Å². The van der Waals surface area contributed by atoms with Crippen LogP contribution in [0.15, 0.2) is 28.7 Å². The summed E-state index contributed by atoms with van der Waals surface area (Å²) in [5.74, 6) is -1.77. The molecule has 0 atom stereocenters. The molecule has 0 saturated carbocycles. The standard InChI is InChI=1S/C10H6BrF3O5S/c11-7-5-6(2-4-9(15)16)1-3-8(7)19-20(17,18)10(12,13)14/h1-5H,(H,15,16). The van der Waals surface area contributed by atoms with Crippen LogP contribution in [0.2, 0.25) is 0 Å². The maximum Gasteiger partial charge on any atom is 0.534 e. The Bertz CT molecular complexity index is 651. The van der Waals surface area contributed by atoms with E-state index in [0.717, 1.165) is 12.1 Å². The molecule has 0 fully saturated rings. The number of hydrogen-bond acceptors (Lipinski definition) is 4. The summed E-state index contributed by atoms with van der Waals surface area (Å²) in [5, 5.41) is 8.41. The highest BCUT2D eigenvalue weighted by atomic mass is 79.9. The molecule has 1 aromatic rings. The molecule has 0 spiro atoms. The smallest absolute Gasteiger partial charge is 0.478 e. The molecule has 0 unspecified atom stereocenters. The van der Waals surface area contributed by atoms with Crippen molar-refractivity contribution in [1.82, 2.24) is 0 Å². The normalized spacial score (nSPS) is 12.6. The molecule has 0 radical (unpaired) electrons. The molecule has 0 aromatic heterocycles. The molecule has 0 amide bonds. The van der Waals surface area contributed by atoms with Crippen LogP contribution in [0.4, 0.5) is 13.2 Å². The first-order valence-corrected chi connectivity index (χ1v) is 6.94. The van der Waals surface area contributed by atoms with Crippen LogP contribution < -0.4 is 4.18 Å². The van der Waals surface area contributed by atoms with Gasteiger partial charge in [-0.3, -0.25) is 0 Å². The van der Waals surface area contributed by atoms with Crippen molar-refractivity contribution in [2.24, 2.45) is 0 Å². The molecule has 0 aliphatic rings. The highest BCUT2D eigenvalue weighted by Gasteiger charge is 2.48. The Morgan fingerprint density at radius 2 is 1.95 bits per heavy atom. The topological polar surface area (TPSA) is 80.7 Å². The fraction of sp³-hybridized carbons (Fsp3) is 0.100. The van der Waals surface area contributed by atoms with Crippen LogP contribution in [0.25, 0.3) is 6.08 Å². The van der Waals surface area contributed by atoms with E-state index >= 15 is 0 Å². The van der Waals surface area contributed by atoms with Gasteiger partial charge in [-0.15, -0.1) is 0 Å². The van der Waals surface area contributed by atoms with Gasteiger partial charge in [-0.1, -0.05) is 6.07 Å². The predicted molar refractivity (Wildman–Crippen MR) is 66.4 cm³/mol. The molecule has 1 rings (SSSR count). The van der Waals surface area contributed by atoms with Gasteiger partial charge in [0.25, 0.3) is 0 Å². The van der Waals surface area contributed by atoms with E-state index in [4.69, 9.17) is 5.11 Å². The van der Waals surface area contributed by atoms with E-state index in [0.29, 0.717) is 5.56 Å². The van der Waals surface area contributed by atoms with E-state index in [2.05, 4.69) is 20.1 Å². The maximum absolute atomic E-state index is 12.1. The lowest BCUT2D eigenvalue weighted by molar-refractivity contribution is -0.131. The molecule has 0 aliphatic heterocycles. The predicted octanol–water partition coefficient (Wildman–Crippen LogP) is 2.78. The number of benzene rings is 1. The maximum atomic E-state index is 12.1. The summed E-state index contributed by atoms with van der Waals surface area (Å²) in [4.78, 5) is 10.3. The zero-order valence-corrected chi connectivity index (χ0v) is 11.8. The Hall–Kier alpha value is -1.55. The van der Waals surface area contributed by atoms with Crippen molar-refractivity contribution >= 4 is 38.1 Å². The summed E-state index contributed by atoms with van der Waals surface area (Å²) < 4.78 is 61.9. The second-order valence-corrected chi connectivity index (χ2v) is 5.74. The third-order valence-corrected chi connectivity index (χ3v) is 3.44. The first-order valence-electron chi connectivity index (χ1n) is 4.74. The molecular weight excluding hydrogens is 369 g/mol. The molecular formula is C10H6BrF3O5S. The quantitative estimate of drug-likeness (QED) is 0.497. The minimum atomic E-state index is -5.75. The van der Waals surface area contributed by atoms with Crippen molar-refractivity contribution in [2.45, 2.75) is 5.51 Å². The van der Waals surface area contributed by atoms with Crippen LogP contribution in [0, 0.1) is 0 Å². The lowest BCUT2D eigenvalue weighted by Crippen LogP contribution is -2.28. The highest BCUT2D eigenvalue weighted by Crippen LogP contribution is 2.32. The van der Waals surface area contributed by atoms with E-state index < -0.39 is 27.3 Å². The summed E-state index contributed by atoms with van der Waals surface area (Å²) in [6.07, 6.45) is 1.99. The van der Waals surface area contributed by atoms with E-state index in [9.17, 15) is 26.4 Å². The molecule has 0 heterocycles. The van der Waals surface area contributed by atoms with E-state index in [1.807, 2.05) is 0 Å². The third kappa shape index (κ3) is 4.23. The van der Waals surface area contributed by atoms with Crippen molar-refractivity contribution in [3.8, 4) is 5.75 Å².